The monoisotopic (exact) mass is 281 g/mol. The van der Waals surface area contributed by atoms with Crippen LogP contribution in [0, 0.1) is 5.92 Å². The Bertz CT molecular complexity index is 255. The molecule has 2 aliphatic rings. The molecule has 3 heteroatoms. The summed E-state index contributed by atoms with van der Waals surface area (Å²) in [6, 6.07) is 1.50. The standard InChI is InChI=1S/C17H35N3/c1-4-20-12-10-16(11-13-20)19(3)14-17(18-2)15-8-6-5-7-9-15/h15-18H,4-14H2,1-3H3. The van der Waals surface area contributed by atoms with Gasteiger partial charge in [-0.05, 0) is 65.3 Å². The van der Waals surface area contributed by atoms with Crippen LogP contribution in [0.1, 0.15) is 51.9 Å². The minimum atomic E-state index is 0.699. The molecule has 0 aromatic carbocycles. The van der Waals surface area contributed by atoms with Gasteiger partial charge in [0.2, 0.25) is 0 Å². The van der Waals surface area contributed by atoms with Crippen LogP contribution in [0.5, 0.6) is 0 Å². The second kappa shape index (κ2) is 8.35. The van der Waals surface area contributed by atoms with Crippen molar-refractivity contribution in [2.24, 2.45) is 5.92 Å². The summed E-state index contributed by atoms with van der Waals surface area (Å²) in [6.07, 6.45) is 9.93. The van der Waals surface area contributed by atoms with Crippen molar-refractivity contribution in [1.29, 1.82) is 0 Å². The number of nitrogens with one attached hydrogen (secondary N) is 1. The first-order chi connectivity index (χ1) is 9.74. The minimum absolute atomic E-state index is 0.699. The van der Waals surface area contributed by atoms with Crippen molar-refractivity contribution >= 4 is 0 Å². The van der Waals surface area contributed by atoms with Crippen LogP contribution in [0.25, 0.3) is 0 Å². The fourth-order valence-electron chi connectivity index (χ4n) is 4.15. The van der Waals surface area contributed by atoms with Gasteiger partial charge in [0.25, 0.3) is 0 Å². The number of hydrogen-bond acceptors (Lipinski definition) is 3. The van der Waals surface area contributed by atoms with Crippen LogP contribution in [0.3, 0.4) is 0 Å². The zero-order valence-corrected chi connectivity index (χ0v) is 13.9. The fraction of sp³-hybridized carbons (Fsp3) is 1.00. The first-order valence-corrected chi connectivity index (χ1v) is 8.84. The Hall–Kier alpha value is -0.120. The molecular weight excluding hydrogens is 246 g/mol. The molecular formula is C17H35N3. The maximum atomic E-state index is 3.61. The second-order valence-electron chi connectivity index (χ2n) is 6.90. The molecule has 1 N–H and O–H groups in total. The van der Waals surface area contributed by atoms with Crippen molar-refractivity contribution in [2.45, 2.75) is 64.0 Å². The highest BCUT2D eigenvalue weighted by Gasteiger charge is 2.27. The Labute approximate surface area is 126 Å². The number of rotatable bonds is 6. The van der Waals surface area contributed by atoms with Crippen LogP contribution in [-0.4, -0.2) is 62.2 Å². The van der Waals surface area contributed by atoms with Crippen molar-refractivity contribution in [3.63, 3.8) is 0 Å². The average molecular weight is 281 g/mol. The SMILES string of the molecule is CCN1CCC(N(C)CC(NC)C2CCCCC2)CC1. The Morgan fingerprint density at radius 1 is 1.10 bits per heavy atom. The highest BCUT2D eigenvalue weighted by molar-refractivity contribution is 4.84. The van der Waals surface area contributed by atoms with Crippen molar-refractivity contribution < 1.29 is 0 Å². The Morgan fingerprint density at radius 2 is 1.75 bits per heavy atom. The molecule has 1 saturated carbocycles. The molecule has 20 heavy (non-hydrogen) atoms. The molecule has 0 aromatic rings. The molecule has 0 aromatic heterocycles. The fourth-order valence-corrected chi connectivity index (χ4v) is 4.15. The summed E-state index contributed by atoms with van der Waals surface area (Å²) in [5.41, 5.74) is 0. The van der Waals surface area contributed by atoms with Crippen LogP contribution >= 0.6 is 0 Å². The molecule has 2 rings (SSSR count). The van der Waals surface area contributed by atoms with Gasteiger partial charge in [0.1, 0.15) is 0 Å². The molecule has 0 radical (unpaired) electrons. The minimum Gasteiger partial charge on any atom is -0.315 e. The van der Waals surface area contributed by atoms with E-state index in [0.29, 0.717) is 6.04 Å². The van der Waals surface area contributed by atoms with Crippen LogP contribution in [0.4, 0.5) is 0 Å². The summed E-state index contributed by atoms with van der Waals surface area (Å²) in [5.74, 6) is 0.909. The molecule has 118 valence electrons. The number of nitrogens with zero attached hydrogens (tertiary/aromatic N) is 2. The van der Waals surface area contributed by atoms with E-state index in [2.05, 4.69) is 36.1 Å². The predicted octanol–water partition coefficient (Wildman–Crippen LogP) is 2.57. The highest BCUT2D eigenvalue weighted by atomic mass is 15.2. The van der Waals surface area contributed by atoms with Gasteiger partial charge < -0.3 is 15.1 Å². The molecule has 3 nitrogen and oxygen atoms in total. The van der Waals surface area contributed by atoms with Gasteiger partial charge in [0.15, 0.2) is 0 Å². The van der Waals surface area contributed by atoms with E-state index >= 15 is 0 Å². The first-order valence-electron chi connectivity index (χ1n) is 8.84. The van der Waals surface area contributed by atoms with Gasteiger partial charge >= 0.3 is 0 Å². The molecule has 2 fully saturated rings. The second-order valence-corrected chi connectivity index (χ2v) is 6.90. The van der Waals surface area contributed by atoms with Crippen LogP contribution in [0.2, 0.25) is 0 Å². The van der Waals surface area contributed by atoms with Crippen LogP contribution < -0.4 is 5.32 Å². The van der Waals surface area contributed by atoms with E-state index in [1.165, 1.54) is 71.1 Å². The Morgan fingerprint density at radius 3 is 2.30 bits per heavy atom. The molecule has 1 aliphatic heterocycles. The van der Waals surface area contributed by atoms with Gasteiger partial charge in [0, 0.05) is 18.6 Å². The summed E-state index contributed by atoms with van der Waals surface area (Å²) in [6.45, 7) is 7.32. The van der Waals surface area contributed by atoms with Crippen molar-refractivity contribution in [2.75, 3.05) is 40.3 Å². The van der Waals surface area contributed by atoms with E-state index in [0.717, 1.165) is 12.0 Å². The lowest BCUT2D eigenvalue weighted by Crippen LogP contribution is -2.49. The van der Waals surface area contributed by atoms with E-state index in [1.54, 1.807) is 0 Å². The summed E-state index contributed by atoms with van der Waals surface area (Å²) >= 11 is 0. The summed E-state index contributed by atoms with van der Waals surface area (Å²) < 4.78 is 0. The average Bonchev–Trinajstić information content (AvgIpc) is 2.53. The van der Waals surface area contributed by atoms with Crippen molar-refractivity contribution in [3.8, 4) is 0 Å². The highest BCUT2D eigenvalue weighted by Crippen LogP contribution is 2.27. The third kappa shape index (κ3) is 4.44. The maximum absolute atomic E-state index is 3.61. The van der Waals surface area contributed by atoms with Gasteiger partial charge in [-0.3, -0.25) is 0 Å². The summed E-state index contributed by atoms with van der Waals surface area (Å²) in [5, 5.41) is 3.61. The van der Waals surface area contributed by atoms with Crippen LogP contribution in [0.15, 0.2) is 0 Å². The number of piperidine rings is 1. The number of likely N-dealkylation sites (N-methyl/N-ethyl adjacent to an activating group) is 2. The first kappa shape index (κ1) is 16.3. The largest absolute Gasteiger partial charge is 0.315 e. The molecule has 1 saturated heterocycles. The van der Waals surface area contributed by atoms with Gasteiger partial charge in [-0.1, -0.05) is 26.2 Å². The topological polar surface area (TPSA) is 18.5 Å². The van der Waals surface area contributed by atoms with E-state index in [4.69, 9.17) is 0 Å². The maximum Gasteiger partial charge on any atom is 0.0220 e. The third-order valence-corrected chi connectivity index (χ3v) is 5.70. The predicted molar refractivity (Wildman–Crippen MR) is 87.2 cm³/mol. The normalized spacial score (nSPS) is 25.2. The number of hydrogen-bond donors (Lipinski definition) is 1. The molecule has 1 atom stereocenters. The lowest BCUT2D eigenvalue weighted by atomic mass is 9.83. The smallest absolute Gasteiger partial charge is 0.0220 e. The Balaban J connectivity index is 1.78. The molecule has 1 unspecified atom stereocenters. The molecule has 0 amide bonds. The van der Waals surface area contributed by atoms with E-state index in [-0.39, 0.29) is 0 Å². The lowest BCUT2D eigenvalue weighted by molar-refractivity contribution is 0.111. The van der Waals surface area contributed by atoms with Crippen molar-refractivity contribution in [3.05, 3.63) is 0 Å². The lowest BCUT2D eigenvalue weighted by Gasteiger charge is -2.39. The van der Waals surface area contributed by atoms with Gasteiger partial charge in [-0.15, -0.1) is 0 Å². The Kier molecular flexibility index (Phi) is 6.79. The molecule has 0 bridgehead atoms. The zero-order chi connectivity index (χ0) is 14.4. The number of likely N-dealkylation sites (tertiary alicyclic amines) is 1. The summed E-state index contributed by atoms with van der Waals surface area (Å²) in [7, 11) is 4.51. The molecule has 0 spiro atoms. The van der Waals surface area contributed by atoms with Gasteiger partial charge in [0.05, 0.1) is 0 Å². The van der Waals surface area contributed by atoms with Crippen LogP contribution in [-0.2, 0) is 0 Å². The van der Waals surface area contributed by atoms with Gasteiger partial charge in [-0.2, -0.15) is 0 Å². The molecule has 1 heterocycles. The third-order valence-electron chi connectivity index (χ3n) is 5.70. The van der Waals surface area contributed by atoms with E-state index < -0.39 is 0 Å². The van der Waals surface area contributed by atoms with Crippen molar-refractivity contribution in [1.82, 2.24) is 15.1 Å². The van der Waals surface area contributed by atoms with E-state index in [9.17, 15) is 0 Å². The van der Waals surface area contributed by atoms with E-state index in [1.807, 2.05) is 0 Å². The quantitative estimate of drug-likeness (QED) is 0.807. The zero-order valence-electron chi connectivity index (χ0n) is 13.9. The summed E-state index contributed by atoms with van der Waals surface area (Å²) in [4.78, 5) is 5.23. The molecule has 1 aliphatic carbocycles. The van der Waals surface area contributed by atoms with Gasteiger partial charge in [-0.25, -0.2) is 0 Å².